The van der Waals surface area contributed by atoms with Gasteiger partial charge in [-0.15, -0.1) is 0 Å². The van der Waals surface area contributed by atoms with Crippen molar-refractivity contribution >= 4 is 39.2 Å². The minimum Gasteiger partial charge on any atom is -0.392 e. The number of nitrogens with zero attached hydrogens (tertiary/aromatic N) is 4. The molecule has 3 heterocycles. The molecule has 2 aromatic carbocycles. The van der Waals surface area contributed by atoms with Gasteiger partial charge in [0.15, 0.2) is 0 Å². The molecule has 0 aliphatic heterocycles. The number of aromatic nitrogens is 4. The summed E-state index contributed by atoms with van der Waals surface area (Å²) < 4.78 is 3.48. The van der Waals surface area contributed by atoms with Gasteiger partial charge in [-0.1, -0.05) is 56.3 Å². The van der Waals surface area contributed by atoms with Crippen LogP contribution in [0.3, 0.4) is 0 Å². The van der Waals surface area contributed by atoms with Gasteiger partial charge in [0, 0.05) is 43.2 Å². The van der Waals surface area contributed by atoms with Crippen molar-refractivity contribution in [1.82, 2.24) is 24.6 Å². The van der Waals surface area contributed by atoms with Crippen LogP contribution in [0.1, 0.15) is 43.5 Å². The molecule has 0 aliphatic rings. The molecule has 2 amide bonds. The number of carbonyl (C=O) groups excluding carboxylic acids is 2. The number of rotatable bonds is 13. The molecular weight excluding hydrogens is 584 g/mol. The van der Waals surface area contributed by atoms with Gasteiger partial charge >= 0.3 is 0 Å². The van der Waals surface area contributed by atoms with Crippen LogP contribution < -0.4 is 27.7 Å². The average molecular weight is 625 g/mol. The number of pyridine rings is 1. The number of primary amides is 1. The lowest BCUT2D eigenvalue weighted by molar-refractivity contribution is -0.122. The molecule has 3 aromatic heterocycles. The monoisotopic (exact) mass is 624 g/mol. The Morgan fingerprint density at radius 2 is 1.83 bits per heavy atom. The molecule has 7 N–H and O–H groups in total. The number of anilines is 1. The first-order valence-corrected chi connectivity index (χ1v) is 15.3. The number of aliphatic hydroxyl groups excluding tert-OH is 1. The van der Waals surface area contributed by atoms with Crippen LogP contribution in [0.2, 0.25) is 0 Å². The number of fused-ring (bicyclic) bond motifs is 2. The molecule has 0 fully saturated rings. The van der Waals surface area contributed by atoms with E-state index in [0.29, 0.717) is 30.1 Å². The molecule has 46 heavy (non-hydrogen) atoms. The maximum absolute atomic E-state index is 13.7. The van der Waals surface area contributed by atoms with E-state index in [2.05, 4.69) is 34.1 Å². The van der Waals surface area contributed by atoms with Gasteiger partial charge < -0.3 is 31.8 Å². The fraction of sp³-hybridized carbons (Fsp3) is 0.324. The van der Waals surface area contributed by atoms with Crippen molar-refractivity contribution in [3.63, 3.8) is 0 Å². The Morgan fingerprint density at radius 3 is 2.54 bits per heavy atom. The molecule has 240 valence electrons. The van der Waals surface area contributed by atoms with E-state index in [4.69, 9.17) is 16.5 Å². The quantitative estimate of drug-likeness (QED) is 0.124. The lowest BCUT2D eigenvalue weighted by Crippen LogP contribution is -2.43. The Balaban J connectivity index is 1.53. The van der Waals surface area contributed by atoms with Crippen LogP contribution in [0.4, 0.5) is 5.82 Å². The Labute approximate surface area is 266 Å². The van der Waals surface area contributed by atoms with Crippen molar-refractivity contribution in [2.24, 2.45) is 24.4 Å². The second kappa shape index (κ2) is 13.9. The number of carbonyl (C=O) groups is 2. The summed E-state index contributed by atoms with van der Waals surface area (Å²) in [5.41, 5.74) is 14.9. The molecule has 0 spiro atoms. The fourth-order valence-electron chi connectivity index (χ4n) is 5.70. The number of nitrogens with one attached hydrogen (secondary N) is 2. The van der Waals surface area contributed by atoms with Crippen molar-refractivity contribution in [2.75, 3.05) is 12.0 Å². The van der Waals surface area contributed by atoms with Crippen LogP contribution in [0.5, 0.6) is 0 Å². The smallest absolute Gasteiger partial charge is 0.276 e. The van der Waals surface area contributed by atoms with Crippen molar-refractivity contribution in [1.29, 1.82) is 0 Å². The van der Waals surface area contributed by atoms with E-state index in [1.54, 1.807) is 13.2 Å². The molecule has 1 atom stereocenters. The van der Waals surface area contributed by atoms with Crippen molar-refractivity contribution < 1.29 is 14.7 Å². The van der Waals surface area contributed by atoms with Gasteiger partial charge in [-0.3, -0.25) is 14.4 Å². The van der Waals surface area contributed by atoms with Crippen molar-refractivity contribution in [3.8, 4) is 11.3 Å². The number of aryl methyl sites for hydroxylation is 1. The number of amides is 2. The molecular formula is C34H40N8O4. The van der Waals surface area contributed by atoms with Gasteiger partial charge in [0.05, 0.1) is 36.1 Å². The Hall–Kier alpha value is -5.07. The van der Waals surface area contributed by atoms with Crippen LogP contribution in [0.25, 0.3) is 32.8 Å². The zero-order chi connectivity index (χ0) is 33.0. The third kappa shape index (κ3) is 6.93. The zero-order valence-electron chi connectivity index (χ0n) is 26.3. The molecule has 0 bridgehead atoms. The second-order valence-electron chi connectivity index (χ2n) is 11.9. The highest BCUT2D eigenvalue weighted by atomic mass is 16.3. The zero-order valence-corrected chi connectivity index (χ0v) is 26.3. The molecule has 0 saturated carbocycles. The van der Waals surface area contributed by atoms with E-state index >= 15 is 0 Å². The van der Waals surface area contributed by atoms with Gasteiger partial charge in [0.2, 0.25) is 11.8 Å². The summed E-state index contributed by atoms with van der Waals surface area (Å²) in [6.07, 6.45) is 4.70. The summed E-state index contributed by atoms with van der Waals surface area (Å²) in [5, 5.41) is 23.6. The highest BCUT2D eigenvalue weighted by Crippen LogP contribution is 2.33. The molecule has 12 heteroatoms. The molecule has 5 aromatic rings. The van der Waals surface area contributed by atoms with E-state index in [9.17, 15) is 19.5 Å². The van der Waals surface area contributed by atoms with Gasteiger partial charge in [0.1, 0.15) is 5.82 Å². The lowest BCUT2D eigenvalue weighted by atomic mass is 10.0. The summed E-state index contributed by atoms with van der Waals surface area (Å²) >= 11 is 0. The number of benzene rings is 2. The Kier molecular flexibility index (Phi) is 9.78. The van der Waals surface area contributed by atoms with Gasteiger partial charge in [-0.2, -0.15) is 5.10 Å². The normalized spacial score (nSPS) is 12.1. The first kappa shape index (κ1) is 32.3. The summed E-state index contributed by atoms with van der Waals surface area (Å²) in [7, 11) is 1.68. The second-order valence-corrected chi connectivity index (χ2v) is 11.9. The SMILES string of the molecule is CC(C)Cc1nn(C)c(=O)c2c(-c3cccc(CO)c3)n(Cc3cnc(NCNC(=O)[C@@H](N)CCC(N)=O)c4ccccc34)cc12. The molecule has 12 nitrogen and oxygen atoms in total. The van der Waals surface area contributed by atoms with Gasteiger partial charge in [0.25, 0.3) is 5.56 Å². The number of aliphatic hydroxyl groups is 1. The van der Waals surface area contributed by atoms with Crippen molar-refractivity contribution in [2.45, 2.75) is 52.3 Å². The topological polar surface area (TPSA) is 183 Å². The Morgan fingerprint density at radius 1 is 1.07 bits per heavy atom. The summed E-state index contributed by atoms with van der Waals surface area (Å²) in [6, 6.07) is 14.6. The van der Waals surface area contributed by atoms with Crippen LogP contribution in [-0.4, -0.2) is 49.0 Å². The maximum atomic E-state index is 13.7. The van der Waals surface area contributed by atoms with Crippen LogP contribution >= 0.6 is 0 Å². The van der Waals surface area contributed by atoms with Crippen LogP contribution in [-0.2, 0) is 36.2 Å². The first-order chi connectivity index (χ1) is 22.1. The largest absolute Gasteiger partial charge is 0.392 e. The van der Waals surface area contributed by atoms with Crippen molar-refractivity contribution in [3.05, 3.63) is 88.1 Å². The summed E-state index contributed by atoms with van der Waals surface area (Å²) in [5.74, 6) is 0.00782. The predicted octanol–water partition coefficient (Wildman–Crippen LogP) is 2.77. The molecule has 0 unspecified atom stereocenters. The van der Waals surface area contributed by atoms with E-state index in [-0.39, 0.29) is 31.7 Å². The number of nitrogens with two attached hydrogens (primary N) is 2. The number of hydrogen-bond acceptors (Lipinski definition) is 8. The third-order valence-corrected chi connectivity index (χ3v) is 7.93. The lowest BCUT2D eigenvalue weighted by Gasteiger charge is -2.16. The van der Waals surface area contributed by atoms with Crippen LogP contribution in [0, 0.1) is 5.92 Å². The standard InChI is InChI=1S/C34H40N8O4/c1-20(2)13-28-26-17-42(31(30(26)34(46)41(3)40-28)22-8-6-7-21(14-22)18-43)16-23-15-37-32(25-10-5-4-9-24(23)25)38-19-39-33(45)27(35)11-12-29(36)44/h4-10,14-15,17,20,27,43H,11-13,16,18-19,35H2,1-3H3,(H2,36,44)(H,37,38)(H,39,45)/t27-/m0/s1. The Bertz CT molecular complexity index is 1960. The summed E-state index contributed by atoms with van der Waals surface area (Å²) in [6.45, 7) is 4.63. The highest BCUT2D eigenvalue weighted by molar-refractivity contribution is 5.98. The summed E-state index contributed by atoms with van der Waals surface area (Å²) in [4.78, 5) is 41.7. The number of hydrogen-bond donors (Lipinski definition) is 5. The van der Waals surface area contributed by atoms with E-state index in [1.165, 1.54) is 4.68 Å². The molecule has 0 radical (unpaired) electrons. The average Bonchev–Trinajstić information content (AvgIpc) is 3.42. The van der Waals surface area contributed by atoms with E-state index in [0.717, 1.165) is 44.2 Å². The minimum absolute atomic E-state index is 0.0331. The molecule has 5 rings (SSSR count). The predicted molar refractivity (Wildman–Crippen MR) is 179 cm³/mol. The van der Waals surface area contributed by atoms with E-state index < -0.39 is 17.9 Å². The van der Waals surface area contributed by atoms with Gasteiger partial charge in [-0.25, -0.2) is 9.67 Å². The highest BCUT2D eigenvalue weighted by Gasteiger charge is 2.21. The van der Waals surface area contributed by atoms with Crippen LogP contribution in [0.15, 0.2) is 65.7 Å². The first-order valence-electron chi connectivity index (χ1n) is 15.3. The minimum atomic E-state index is -0.848. The van der Waals surface area contributed by atoms with Gasteiger partial charge in [-0.05, 0) is 46.9 Å². The molecule has 0 saturated heterocycles. The van der Waals surface area contributed by atoms with E-state index in [1.807, 2.05) is 54.7 Å². The fourth-order valence-corrected chi connectivity index (χ4v) is 5.70. The molecule has 0 aliphatic carbocycles. The maximum Gasteiger partial charge on any atom is 0.276 e. The third-order valence-electron chi connectivity index (χ3n) is 7.93.